The topological polar surface area (TPSA) is 184 Å². The summed E-state index contributed by atoms with van der Waals surface area (Å²) in [7, 11) is 0. The van der Waals surface area contributed by atoms with E-state index in [0.717, 1.165) is 24.0 Å². The summed E-state index contributed by atoms with van der Waals surface area (Å²) in [6, 6.07) is 7.51. The molecule has 1 aromatic carbocycles. The third-order valence-electron chi connectivity index (χ3n) is 7.86. The fraction of sp³-hybridized carbons (Fsp3) is 0.636. The van der Waals surface area contributed by atoms with Crippen LogP contribution in [0.4, 0.5) is 0 Å². The van der Waals surface area contributed by atoms with E-state index in [2.05, 4.69) is 31.0 Å². The van der Waals surface area contributed by atoms with E-state index in [1.54, 1.807) is 18.7 Å². The van der Waals surface area contributed by atoms with E-state index in [0.29, 0.717) is 82.8 Å². The number of amides is 4. The number of hydrogen-bond acceptors (Lipinski definition) is 13. The second kappa shape index (κ2) is 21.5. The van der Waals surface area contributed by atoms with Gasteiger partial charge in [0.2, 0.25) is 29.5 Å². The summed E-state index contributed by atoms with van der Waals surface area (Å²) in [5.41, 5.74) is 1.75. The number of aromatic nitrogens is 4. The van der Waals surface area contributed by atoms with Gasteiger partial charge in [-0.05, 0) is 25.3 Å². The van der Waals surface area contributed by atoms with Gasteiger partial charge in [-0.15, -0.1) is 32.2 Å². The number of rotatable bonds is 23. The molecule has 2 aromatic rings. The van der Waals surface area contributed by atoms with Crippen LogP contribution < -0.4 is 10.6 Å². The number of benzene rings is 1. The third-order valence-corrected chi connectivity index (χ3v) is 9.42. The molecule has 1 saturated heterocycles. The Balaban J connectivity index is 0.886. The Labute approximate surface area is 290 Å². The number of imide groups is 1. The van der Waals surface area contributed by atoms with Crippen molar-refractivity contribution in [3.63, 3.8) is 0 Å². The second-order valence-corrected chi connectivity index (χ2v) is 13.2. The standard InChI is InChI=1S/C33H47N7O8S/c1-24-36-38-32(39-37-24)26-8-6-25(7-9-26)23-35-30(42)11-14-45-16-18-47-20-21-48-19-17-46-15-12-34-29(41)10-13-40-31(43)22-28(33(40)44)49-27-4-2-3-5-27/h6-9,27-28H,2-5,10-23H2,1H3,(H,34,41)(H,35,42). The lowest BCUT2D eigenvalue weighted by molar-refractivity contribution is -0.138. The summed E-state index contributed by atoms with van der Waals surface area (Å²) < 4.78 is 21.9. The minimum absolute atomic E-state index is 0.0847. The quantitative estimate of drug-likeness (QED) is 0.126. The Hall–Kier alpha value is -3.57. The maximum Gasteiger partial charge on any atom is 0.242 e. The molecule has 4 amide bonds. The van der Waals surface area contributed by atoms with Crippen molar-refractivity contribution in [3.8, 4) is 11.4 Å². The zero-order valence-electron chi connectivity index (χ0n) is 28.1. The molecule has 1 aromatic heterocycles. The summed E-state index contributed by atoms with van der Waals surface area (Å²) in [6.45, 7) is 5.55. The summed E-state index contributed by atoms with van der Waals surface area (Å²) in [5, 5.41) is 21.6. The SMILES string of the molecule is Cc1nnc(-c2ccc(CNC(=O)CCOCCOCCOCCOCCNC(=O)CCN3C(=O)CC(SC4CCCC4)C3=O)cc2)nn1. The van der Waals surface area contributed by atoms with Crippen molar-refractivity contribution in [2.24, 2.45) is 0 Å². The molecule has 2 heterocycles. The Kier molecular flexibility index (Phi) is 16.8. The number of thioether (sulfide) groups is 1. The molecule has 4 rings (SSSR count). The van der Waals surface area contributed by atoms with Gasteiger partial charge in [-0.25, -0.2) is 0 Å². The number of hydrogen-bond donors (Lipinski definition) is 2. The van der Waals surface area contributed by atoms with Gasteiger partial charge in [0.05, 0.1) is 58.1 Å². The molecule has 1 atom stereocenters. The maximum atomic E-state index is 12.6. The van der Waals surface area contributed by atoms with E-state index in [9.17, 15) is 19.2 Å². The average Bonchev–Trinajstić information content (AvgIpc) is 3.71. The molecule has 1 unspecified atom stereocenters. The van der Waals surface area contributed by atoms with Crippen LogP contribution in [0.2, 0.25) is 0 Å². The molecule has 2 fully saturated rings. The number of carbonyl (C=O) groups excluding carboxylic acids is 4. The monoisotopic (exact) mass is 701 g/mol. The molecular formula is C33H47N7O8S. The van der Waals surface area contributed by atoms with Gasteiger partial charge in [0.25, 0.3) is 0 Å². The first kappa shape index (κ1) is 38.2. The number of nitrogens with zero attached hydrogens (tertiary/aromatic N) is 5. The smallest absolute Gasteiger partial charge is 0.242 e. The van der Waals surface area contributed by atoms with E-state index in [1.807, 2.05) is 24.3 Å². The van der Waals surface area contributed by atoms with Crippen LogP contribution in [0.25, 0.3) is 11.4 Å². The molecular weight excluding hydrogens is 654 g/mol. The molecule has 0 radical (unpaired) electrons. The predicted molar refractivity (Wildman–Crippen MR) is 180 cm³/mol. The van der Waals surface area contributed by atoms with Crippen LogP contribution in [0.3, 0.4) is 0 Å². The van der Waals surface area contributed by atoms with Crippen molar-refractivity contribution in [1.29, 1.82) is 0 Å². The fourth-order valence-electron chi connectivity index (χ4n) is 5.20. The zero-order valence-corrected chi connectivity index (χ0v) is 28.9. The lowest BCUT2D eigenvalue weighted by Crippen LogP contribution is -2.36. The third kappa shape index (κ3) is 14.1. The van der Waals surface area contributed by atoms with Crippen LogP contribution in [0.1, 0.15) is 56.3 Å². The Morgan fingerprint density at radius 3 is 2.04 bits per heavy atom. The molecule has 16 heteroatoms. The van der Waals surface area contributed by atoms with E-state index in [-0.39, 0.29) is 54.7 Å². The lowest BCUT2D eigenvalue weighted by Gasteiger charge is -2.16. The summed E-state index contributed by atoms with van der Waals surface area (Å²) in [5.74, 6) is 0.292. The number of aryl methyl sites for hydroxylation is 1. The van der Waals surface area contributed by atoms with Gasteiger partial charge in [-0.1, -0.05) is 37.1 Å². The molecule has 49 heavy (non-hydrogen) atoms. The van der Waals surface area contributed by atoms with E-state index < -0.39 is 0 Å². The highest BCUT2D eigenvalue weighted by molar-refractivity contribution is 8.01. The van der Waals surface area contributed by atoms with E-state index >= 15 is 0 Å². The number of nitrogens with one attached hydrogen (secondary N) is 2. The van der Waals surface area contributed by atoms with E-state index in [1.165, 1.54) is 17.7 Å². The van der Waals surface area contributed by atoms with Gasteiger partial charge in [-0.2, -0.15) is 0 Å². The first-order chi connectivity index (χ1) is 23.9. The highest BCUT2D eigenvalue weighted by Crippen LogP contribution is 2.36. The largest absolute Gasteiger partial charge is 0.379 e. The predicted octanol–water partition coefficient (Wildman–Crippen LogP) is 1.62. The molecule has 0 spiro atoms. The molecule has 1 aliphatic carbocycles. The van der Waals surface area contributed by atoms with Crippen LogP contribution in [0.15, 0.2) is 24.3 Å². The zero-order chi connectivity index (χ0) is 34.7. The molecule has 1 aliphatic heterocycles. The normalized spacial score (nSPS) is 16.4. The molecule has 15 nitrogen and oxygen atoms in total. The van der Waals surface area contributed by atoms with Crippen molar-refractivity contribution in [3.05, 3.63) is 35.7 Å². The molecule has 268 valence electrons. The van der Waals surface area contributed by atoms with Gasteiger partial charge in [0.15, 0.2) is 5.82 Å². The summed E-state index contributed by atoms with van der Waals surface area (Å²) >= 11 is 1.63. The van der Waals surface area contributed by atoms with E-state index in [4.69, 9.17) is 18.9 Å². The Morgan fingerprint density at radius 2 is 1.39 bits per heavy atom. The minimum atomic E-state index is -0.298. The number of likely N-dealkylation sites (tertiary alicyclic amines) is 1. The van der Waals surface area contributed by atoms with Gasteiger partial charge >= 0.3 is 0 Å². The van der Waals surface area contributed by atoms with Gasteiger partial charge < -0.3 is 29.6 Å². The van der Waals surface area contributed by atoms with Crippen LogP contribution in [0.5, 0.6) is 0 Å². The minimum Gasteiger partial charge on any atom is -0.379 e. The van der Waals surface area contributed by atoms with Crippen molar-refractivity contribution in [2.75, 3.05) is 65.9 Å². The first-order valence-corrected chi connectivity index (χ1v) is 17.8. The Bertz CT molecular complexity index is 1330. The molecule has 1 saturated carbocycles. The maximum absolute atomic E-state index is 12.6. The van der Waals surface area contributed by atoms with Crippen molar-refractivity contribution in [2.45, 2.75) is 68.9 Å². The van der Waals surface area contributed by atoms with Crippen LogP contribution >= 0.6 is 11.8 Å². The van der Waals surface area contributed by atoms with Gasteiger partial charge in [-0.3, -0.25) is 24.1 Å². The Morgan fingerprint density at radius 1 is 0.796 bits per heavy atom. The van der Waals surface area contributed by atoms with Gasteiger partial charge in [0.1, 0.15) is 0 Å². The van der Waals surface area contributed by atoms with Crippen molar-refractivity contribution < 1.29 is 38.1 Å². The number of carbonyl (C=O) groups is 4. The van der Waals surface area contributed by atoms with Crippen molar-refractivity contribution >= 4 is 35.4 Å². The van der Waals surface area contributed by atoms with Crippen LogP contribution in [0, 0.1) is 6.92 Å². The summed E-state index contributed by atoms with van der Waals surface area (Å²) in [4.78, 5) is 50.4. The van der Waals surface area contributed by atoms with Crippen LogP contribution in [-0.4, -0.2) is 125 Å². The van der Waals surface area contributed by atoms with Crippen molar-refractivity contribution in [1.82, 2.24) is 35.9 Å². The number of ether oxygens (including phenoxy) is 4. The molecule has 2 N–H and O–H groups in total. The average molecular weight is 702 g/mol. The highest BCUT2D eigenvalue weighted by atomic mass is 32.2. The second-order valence-electron chi connectivity index (χ2n) is 11.7. The van der Waals surface area contributed by atoms with Gasteiger partial charge in [0, 0.05) is 49.7 Å². The molecule has 0 bridgehead atoms. The molecule has 2 aliphatic rings. The fourth-order valence-corrected chi connectivity index (χ4v) is 6.75. The van der Waals surface area contributed by atoms with Crippen LogP contribution in [-0.2, 0) is 44.7 Å². The highest BCUT2D eigenvalue weighted by Gasteiger charge is 2.40. The summed E-state index contributed by atoms with van der Waals surface area (Å²) in [6.07, 6.45) is 5.17. The first-order valence-electron chi connectivity index (χ1n) is 16.9. The lowest BCUT2D eigenvalue weighted by atomic mass is 10.1.